The summed E-state index contributed by atoms with van der Waals surface area (Å²) in [6.45, 7) is 7.80. The third-order valence-electron chi connectivity index (χ3n) is 9.78. The van der Waals surface area contributed by atoms with Crippen molar-refractivity contribution >= 4 is 11.1 Å². The van der Waals surface area contributed by atoms with E-state index in [0.29, 0.717) is 6.04 Å². The van der Waals surface area contributed by atoms with Gasteiger partial charge < -0.3 is 16.0 Å². The van der Waals surface area contributed by atoms with E-state index in [0.717, 1.165) is 45.2 Å². The molecule has 0 saturated heterocycles. The van der Waals surface area contributed by atoms with Crippen LogP contribution in [-0.4, -0.2) is 25.2 Å². The fraction of sp³-hybridized carbons (Fsp3) is 0.302. The Morgan fingerprint density at radius 3 is 2.67 bits per heavy atom. The molecule has 1 aromatic carbocycles. The third-order valence-corrected chi connectivity index (χ3v) is 9.78. The van der Waals surface area contributed by atoms with Crippen molar-refractivity contribution in [2.45, 2.75) is 70.4 Å². The van der Waals surface area contributed by atoms with Crippen LogP contribution in [0.2, 0.25) is 0 Å². The Kier molecular flexibility index (Phi) is 10.9. The lowest BCUT2D eigenvalue weighted by Gasteiger charge is -2.25. The molecule has 1 aromatic rings. The van der Waals surface area contributed by atoms with Crippen molar-refractivity contribution in [3.8, 4) is 0 Å². The van der Waals surface area contributed by atoms with Gasteiger partial charge >= 0.3 is 0 Å². The first-order valence-electron chi connectivity index (χ1n) is 17.2. The van der Waals surface area contributed by atoms with E-state index in [4.69, 9.17) is 0 Å². The first-order valence-corrected chi connectivity index (χ1v) is 17.2. The molecule has 0 aromatic heterocycles. The highest BCUT2D eigenvalue weighted by Gasteiger charge is 2.18. The number of dihydropyridines is 2. The Morgan fingerprint density at radius 1 is 1.02 bits per heavy atom. The van der Waals surface area contributed by atoms with Crippen LogP contribution in [0.5, 0.6) is 0 Å². The highest BCUT2D eigenvalue weighted by atomic mass is 14.9. The third kappa shape index (κ3) is 7.89. The Hall–Kier alpha value is -4.34. The lowest BCUT2D eigenvalue weighted by molar-refractivity contribution is 0.543. The number of nitrogens with one attached hydrogen (secondary N) is 3. The van der Waals surface area contributed by atoms with Crippen molar-refractivity contribution in [3.63, 3.8) is 0 Å². The Labute approximate surface area is 276 Å². The molecule has 2 atom stereocenters. The fourth-order valence-electron chi connectivity index (χ4n) is 7.10. The normalized spacial score (nSPS) is 23.2. The van der Waals surface area contributed by atoms with Gasteiger partial charge in [0.1, 0.15) is 0 Å². The zero-order valence-electron chi connectivity index (χ0n) is 27.4. The first-order chi connectivity index (χ1) is 22.7. The van der Waals surface area contributed by atoms with Crippen LogP contribution in [0.15, 0.2) is 156 Å². The van der Waals surface area contributed by atoms with E-state index in [1.165, 1.54) is 74.3 Å². The Morgan fingerprint density at radius 2 is 1.93 bits per heavy atom. The second kappa shape index (κ2) is 15.8. The second-order valence-electron chi connectivity index (χ2n) is 12.9. The maximum atomic E-state index is 3.83. The van der Waals surface area contributed by atoms with Gasteiger partial charge in [0, 0.05) is 25.3 Å². The van der Waals surface area contributed by atoms with Gasteiger partial charge in [0.2, 0.25) is 0 Å². The maximum absolute atomic E-state index is 3.83. The molecule has 0 radical (unpaired) electrons. The molecule has 236 valence electrons. The average molecular weight is 608 g/mol. The van der Waals surface area contributed by atoms with Gasteiger partial charge in [-0.25, -0.2) is 0 Å². The van der Waals surface area contributed by atoms with Crippen molar-refractivity contribution in [1.29, 1.82) is 0 Å². The van der Waals surface area contributed by atoms with Crippen molar-refractivity contribution in [2.24, 2.45) is 0 Å². The van der Waals surface area contributed by atoms with E-state index in [2.05, 4.69) is 127 Å². The summed E-state index contributed by atoms with van der Waals surface area (Å²) in [5.41, 5.74) is 11.3. The molecule has 0 amide bonds. The minimum atomic E-state index is 0.226. The van der Waals surface area contributed by atoms with Gasteiger partial charge in [0.15, 0.2) is 0 Å². The molecule has 0 fully saturated rings. The molecule has 0 bridgehead atoms. The minimum absolute atomic E-state index is 0.226. The monoisotopic (exact) mass is 607 g/mol. The Balaban J connectivity index is 1.28. The van der Waals surface area contributed by atoms with Gasteiger partial charge in [-0.3, -0.25) is 0 Å². The summed E-state index contributed by atoms with van der Waals surface area (Å²) in [5.74, 6) is 0. The molecule has 3 aliphatic carbocycles. The summed E-state index contributed by atoms with van der Waals surface area (Å²) in [4.78, 5) is 0. The molecule has 2 heterocycles. The van der Waals surface area contributed by atoms with E-state index in [1.807, 2.05) is 18.4 Å². The quantitative estimate of drug-likeness (QED) is 0.179. The summed E-state index contributed by atoms with van der Waals surface area (Å²) >= 11 is 0. The van der Waals surface area contributed by atoms with Gasteiger partial charge in [-0.15, -0.1) is 0 Å². The van der Waals surface area contributed by atoms with Crippen LogP contribution in [0.3, 0.4) is 0 Å². The van der Waals surface area contributed by atoms with E-state index in [9.17, 15) is 0 Å². The SMILES string of the molecule is C=C/C=C\CC1=CC=C(C2=c3ccccc3=C(/C(C)=C/C=C(\CNC3C=CCCC3)C3=CNC(C4=CC=CNC4)C=C3)CC2)CC1. The number of hydrogen-bond acceptors (Lipinski definition) is 3. The fourth-order valence-corrected chi connectivity index (χ4v) is 7.10. The largest absolute Gasteiger partial charge is 0.387 e. The molecule has 0 spiro atoms. The van der Waals surface area contributed by atoms with Crippen LogP contribution >= 0.6 is 0 Å². The van der Waals surface area contributed by atoms with Crippen molar-refractivity contribution in [2.75, 3.05) is 13.1 Å². The smallest absolute Gasteiger partial charge is 0.0676 e. The number of benzene rings is 1. The molecular formula is C43H49N3. The molecular weight excluding hydrogens is 558 g/mol. The zero-order chi connectivity index (χ0) is 31.6. The minimum Gasteiger partial charge on any atom is -0.387 e. The molecule has 2 unspecified atom stereocenters. The number of fused-ring (bicyclic) bond motifs is 1. The molecule has 5 aliphatic rings. The standard InChI is InChI=1S/C43H49N3/c1-3-4-6-12-33-19-22-34(23-20-33)40-26-25-39(41-16-9-10-17-42(40)41)32(2)18-21-35(30-45-38-14-7-5-8-15-38)36-24-27-43(46-31-36)37-13-11-28-44-29-37/h3-4,6-7,9-11,13-14,16-19,21-22,24,27-28,31,38,43-46H,1,5,8,12,15,20,23,25-26,29-30H2,2H3/b6-4-,32-18+,35-21+. The molecule has 2 aliphatic heterocycles. The van der Waals surface area contributed by atoms with Gasteiger partial charge in [-0.1, -0.05) is 109 Å². The summed E-state index contributed by atoms with van der Waals surface area (Å²) in [7, 11) is 0. The van der Waals surface area contributed by atoms with Gasteiger partial charge in [0.05, 0.1) is 6.04 Å². The van der Waals surface area contributed by atoms with E-state index >= 15 is 0 Å². The zero-order valence-corrected chi connectivity index (χ0v) is 27.4. The van der Waals surface area contributed by atoms with Crippen LogP contribution in [0.4, 0.5) is 0 Å². The maximum Gasteiger partial charge on any atom is 0.0676 e. The summed E-state index contributed by atoms with van der Waals surface area (Å²) in [6, 6.07) is 9.73. The lowest BCUT2D eigenvalue weighted by atomic mass is 9.83. The van der Waals surface area contributed by atoms with E-state index in [1.54, 1.807) is 0 Å². The number of rotatable bonds is 11. The van der Waals surface area contributed by atoms with Gasteiger partial charge in [0.25, 0.3) is 0 Å². The van der Waals surface area contributed by atoms with Crippen LogP contribution in [0.1, 0.15) is 58.3 Å². The van der Waals surface area contributed by atoms with Crippen LogP contribution in [0, 0.1) is 0 Å². The van der Waals surface area contributed by atoms with Crippen molar-refractivity contribution < 1.29 is 0 Å². The van der Waals surface area contributed by atoms with Crippen LogP contribution < -0.4 is 26.4 Å². The predicted octanol–water partition coefficient (Wildman–Crippen LogP) is 7.59. The highest BCUT2D eigenvalue weighted by molar-refractivity contribution is 5.75. The molecule has 3 N–H and O–H groups in total. The molecule has 0 saturated carbocycles. The van der Waals surface area contributed by atoms with Crippen LogP contribution in [0.25, 0.3) is 11.1 Å². The van der Waals surface area contributed by atoms with Crippen LogP contribution in [-0.2, 0) is 0 Å². The summed E-state index contributed by atoms with van der Waals surface area (Å²) in [5, 5.41) is 13.6. The molecule has 46 heavy (non-hydrogen) atoms. The lowest BCUT2D eigenvalue weighted by Crippen LogP contribution is -2.33. The highest BCUT2D eigenvalue weighted by Crippen LogP contribution is 2.32. The molecule has 3 heteroatoms. The number of hydrogen-bond donors (Lipinski definition) is 3. The van der Waals surface area contributed by atoms with Gasteiger partial charge in [-0.2, -0.15) is 0 Å². The molecule has 3 nitrogen and oxygen atoms in total. The first kappa shape index (κ1) is 31.6. The van der Waals surface area contributed by atoms with E-state index < -0.39 is 0 Å². The summed E-state index contributed by atoms with van der Waals surface area (Å²) < 4.78 is 0. The topological polar surface area (TPSA) is 36.1 Å². The number of allylic oxidation sites excluding steroid dienone is 14. The predicted molar refractivity (Wildman–Crippen MR) is 197 cm³/mol. The van der Waals surface area contributed by atoms with Crippen molar-refractivity contribution in [1.82, 2.24) is 16.0 Å². The summed E-state index contributed by atoms with van der Waals surface area (Å²) in [6.07, 6.45) is 42.4. The Bertz CT molecular complexity index is 1740. The van der Waals surface area contributed by atoms with Gasteiger partial charge in [-0.05, 0) is 120 Å². The van der Waals surface area contributed by atoms with Crippen molar-refractivity contribution in [3.05, 3.63) is 166 Å². The van der Waals surface area contributed by atoms with E-state index in [-0.39, 0.29) is 6.04 Å². The molecule has 6 rings (SSSR count). The second-order valence-corrected chi connectivity index (χ2v) is 12.9. The average Bonchev–Trinajstić information content (AvgIpc) is 3.12.